The van der Waals surface area contributed by atoms with Crippen LogP contribution in [-0.4, -0.2) is 40.9 Å². The van der Waals surface area contributed by atoms with E-state index in [1.807, 2.05) is 17.9 Å². The van der Waals surface area contributed by atoms with Crippen LogP contribution in [0.3, 0.4) is 0 Å². The van der Waals surface area contributed by atoms with Crippen molar-refractivity contribution in [1.29, 1.82) is 0 Å². The van der Waals surface area contributed by atoms with Crippen LogP contribution in [0.1, 0.15) is 18.2 Å². The molecule has 2 rings (SSSR count). The van der Waals surface area contributed by atoms with E-state index in [1.165, 1.54) is 4.88 Å². The lowest BCUT2D eigenvalue weighted by atomic mass is 10.0. The molecule has 18 heavy (non-hydrogen) atoms. The van der Waals surface area contributed by atoms with Gasteiger partial charge >= 0.3 is 0 Å². The summed E-state index contributed by atoms with van der Waals surface area (Å²) in [6.45, 7) is 3.33. The van der Waals surface area contributed by atoms with E-state index in [4.69, 9.17) is 0 Å². The molecule has 2 heterocycles. The van der Waals surface area contributed by atoms with Crippen LogP contribution in [0, 0.1) is 5.92 Å². The Bertz CT molecular complexity index is 378. The molecule has 0 bridgehead atoms. The minimum absolute atomic E-state index is 0.208. The van der Waals surface area contributed by atoms with Crippen LogP contribution in [0.5, 0.6) is 0 Å². The van der Waals surface area contributed by atoms with Crippen molar-refractivity contribution in [2.45, 2.75) is 25.2 Å². The highest BCUT2D eigenvalue weighted by molar-refractivity contribution is 7.99. The summed E-state index contributed by atoms with van der Waals surface area (Å²) in [5.74, 6) is 1.93. The lowest BCUT2D eigenvalue weighted by Gasteiger charge is -2.17. The molecule has 1 fully saturated rings. The number of likely N-dealkylation sites (tertiary alicyclic amines) is 1. The Morgan fingerprint density at radius 3 is 3.17 bits per heavy atom. The molecule has 2 unspecified atom stereocenters. The van der Waals surface area contributed by atoms with Crippen LogP contribution in [-0.2, 0) is 10.5 Å². The van der Waals surface area contributed by atoms with E-state index in [-0.39, 0.29) is 17.9 Å². The molecule has 1 aliphatic rings. The van der Waals surface area contributed by atoms with Gasteiger partial charge in [0.2, 0.25) is 5.91 Å². The summed E-state index contributed by atoms with van der Waals surface area (Å²) < 4.78 is 0. The van der Waals surface area contributed by atoms with Gasteiger partial charge in [0.25, 0.3) is 0 Å². The van der Waals surface area contributed by atoms with E-state index in [1.54, 1.807) is 23.1 Å². The standard InChI is InChI=1S/C13H19NO2S2/c1-10(15)11-4-5-14(7-11)13(16)9-17-8-12-3-2-6-18-12/h2-3,6,10-11,15H,4-5,7-9H2,1H3. The fourth-order valence-corrected chi connectivity index (χ4v) is 3.90. The van der Waals surface area contributed by atoms with Crippen molar-refractivity contribution < 1.29 is 9.90 Å². The molecular formula is C13H19NO2S2. The highest BCUT2D eigenvalue weighted by atomic mass is 32.2. The predicted molar refractivity (Wildman–Crippen MR) is 76.8 cm³/mol. The number of aliphatic hydroxyl groups is 1. The fourth-order valence-electron chi connectivity index (χ4n) is 2.13. The summed E-state index contributed by atoms with van der Waals surface area (Å²) in [6.07, 6.45) is 0.625. The number of amides is 1. The number of hydrogen-bond donors (Lipinski definition) is 1. The Kier molecular flexibility index (Phi) is 5.09. The van der Waals surface area contributed by atoms with Gasteiger partial charge in [-0.3, -0.25) is 4.79 Å². The van der Waals surface area contributed by atoms with Gasteiger partial charge < -0.3 is 10.0 Å². The van der Waals surface area contributed by atoms with Crippen LogP contribution in [0.4, 0.5) is 0 Å². The average Bonchev–Trinajstić information content (AvgIpc) is 2.99. The smallest absolute Gasteiger partial charge is 0.232 e. The summed E-state index contributed by atoms with van der Waals surface area (Å²) in [5, 5.41) is 11.6. The van der Waals surface area contributed by atoms with Gasteiger partial charge in [0.05, 0.1) is 11.9 Å². The van der Waals surface area contributed by atoms with E-state index in [2.05, 4.69) is 11.4 Å². The minimum atomic E-state index is -0.304. The van der Waals surface area contributed by atoms with E-state index >= 15 is 0 Å². The monoisotopic (exact) mass is 285 g/mol. The van der Waals surface area contributed by atoms with Crippen LogP contribution >= 0.6 is 23.1 Å². The van der Waals surface area contributed by atoms with E-state index in [0.717, 1.165) is 25.3 Å². The number of aliphatic hydroxyl groups excluding tert-OH is 1. The van der Waals surface area contributed by atoms with Crippen LogP contribution < -0.4 is 0 Å². The van der Waals surface area contributed by atoms with Crippen LogP contribution in [0.25, 0.3) is 0 Å². The molecule has 1 aliphatic heterocycles. The normalized spacial score (nSPS) is 21.2. The third-order valence-corrected chi connectivity index (χ3v) is 5.33. The van der Waals surface area contributed by atoms with Crippen LogP contribution in [0.2, 0.25) is 0 Å². The molecule has 0 radical (unpaired) electrons. The minimum Gasteiger partial charge on any atom is -0.393 e. The first-order valence-electron chi connectivity index (χ1n) is 6.23. The molecule has 5 heteroatoms. The van der Waals surface area contributed by atoms with Crippen molar-refractivity contribution in [3.05, 3.63) is 22.4 Å². The molecule has 0 saturated carbocycles. The van der Waals surface area contributed by atoms with Gasteiger partial charge in [-0.2, -0.15) is 0 Å². The molecule has 1 amide bonds. The maximum absolute atomic E-state index is 12.0. The topological polar surface area (TPSA) is 40.5 Å². The Morgan fingerprint density at radius 1 is 1.72 bits per heavy atom. The van der Waals surface area contributed by atoms with E-state index in [0.29, 0.717) is 5.75 Å². The number of hydrogen-bond acceptors (Lipinski definition) is 4. The molecule has 1 N–H and O–H groups in total. The Hall–Kier alpha value is -0.520. The zero-order valence-corrected chi connectivity index (χ0v) is 12.2. The molecule has 0 spiro atoms. The second-order valence-corrected chi connectivity index (χ2v) is 6.72. The zero-order chi connectivity index (χ0) is 13.0. The maximum Gasteiger partial charge on any atom is 0.232 e. The maximum atomic E-state index is 12.0. The third kappa shape index (κ3) is 3.73. The lowest BCUT2D eigenvalue weighted by Crippen LogP contribution is -2.31. The number of carbonyl (C=O) groups excluding carboxylic acids is 1. The van der Waals surface area contributed by atoms with Crippen molar-refractivity contribution in [1.82, 2.24) is 4.90 Å². The van der Waals surface area contributed by atoms with E-state index in [9.17, 15) is 9.90 Å². The zero-order valence-electron chi connectivity index (χ0n) is 10.5. The largest absolute Gasteiger partial charge is 0.393 e. The predicted octanol–water partition coefficient (Wildman–Crippen LogP) is 2.21. The highest BCUT2D eigenvalue weighted by Gasteiger charge is 2.28. The summed E-state index contributed by atoms with van der Waals surface area (Å²) in [4.78, 5) is 15.2. The van der Waals surface area contributed by atoms with Gasteiger partial charge in [0, 0.05) is 29.6 Å². The molecular weight excluding hydrogens is 266 g/mol. The molecule has 0 aromatic carbocycles. The van der Waals surface area contributed by atoms with Crippen LogP contribution in [0.15, 0.2) is 17.5 Å². The Morgan fingerprint density at radius 2 is 2.56 bits per heavy atom. The summed E-state index contributed by atoms with van der Waals surface area (Å²) in [6, 6.07) is 4.14. The molecule has 0 aliphatic carbocycles. The first kappa shape index (κ1) is 13.9. The van der Waals surface area contributed by atoms with E-state index < -0.39 is 0 Å². The van der Waals surface area contributed by atoms with Gasteiger partial charge in [-0.15, -0.1) is 23.1 Å². The Balaban J connectivity index is 1.69. The molecule has 1 saturated heterocycles. The fraction of sp³-hybridized carbons (Fsp3) is 0.615. The number of carbonyl (C=O) groups is 1. The summed E-state index contributed by atoms with van der Waals surface area (Å²) >= 11 is 3.40. The Labute approximate surface area is 116 Å². The average molecular weight is 285 g/mol. The first-order valence-corrected chi connectivity index (χ1v) is 8.26. The second-order valence-electron chi connectivity index (χ2n) is 4.70. The quantitative estimate of drug-likeness (QED) is 0.902. The van der Waals surface area contributed by atoms with Crippen molar-refractivity contribution in [3.8, 4) is 0 Å². The number of thioether (sulfide) groups is 1. The van der Waals surface area contributed by atoms with Gasteiger partial charge in [-0.05, 0) is 24.8 Å². The molecule has 1 aromatic rings. The summed E-state index contributed by atoms with van der Waals surface area (Å²) in [7, 11) is 0. The highest BCUT2D eigenvalue weighted by Crippen LogP contribution is 2.22. The van der Waals surface area contributed by atoms with Gasteiger partial charge in [-0.25, -0.2) is 0 Å². The molecule has 100 valence electrons. The third-order valence-electron chi connectivity index (χ3n) is 3.31. The molecule has 1 aromatic heterocycles. The number of rotatable bonds is 5. The van der Waals surface area contributed by atoms with Crippen molar-refractivity contribution >= 4 is 29.0 Å². The molecule has 2 atom stereocenters. The van der Waals surface area contributed by atoms with Gasteiger partial charge in [0.15, 0.2) is 0 Å². The number of thiophene rings is 1. The van der Waals surface area contributed by atoms with Gasteiger partial charge in [-0.1, -0.05) is 6.07 Å². The first-order chi connectivity index (χ1) is 8.66. The molecule has 3 nitrogen and oxygen atoms in total. The van der Waals surface area contributed by atoms with Crippen molar-refractivity contribution in [2.75, 3.05) is 18.8 Å². The number of nitrogens with zero attached hydrogens (tertiary/aromatic N) is 1. The summed E-state index contributed by atoms with van der Waals surface area (Å²) in [5.41, 5.74) is 0. The van der Waals surface area contributed by atoms with Crippen molar-refractivity contribution in [2.24, 2.45) is 5.92 Å². The lowest BCUT2D eigenvalue weighted by molar-refractivity contribution is -0.127. The van der Waals surface area contributed by atoms with Crippen molar-refractivity contribution in [3.63, 3.8) is 0 Å². The van der Waals surface area contributed by atoms with Gasteiger partial charge in [0.1, 0.15) is 0 Å². The second kappa shape index (κ2) is 6.59. The SMILES string of the molecule is CC(O)C1CCN(C(=O)CSCc2cccs2)C1.